The van der Waals surface area contributed by atoms with Crippen molar-refractivity contribution in [2.24, 2.45) is 0 Å². The van der Waals surface area contributed by atoms with E-state index in [1.165, 1.54) is 24.3 Å². The number of benzene rings is 3. The molecule has 0 amide bonds. The minimum Gasteiger partial charge on any atom is -0.219 e. The first-order chi connectivity index (χ1) is 13.0. The lowest BCUT2D eigenvalue weighted by Gasteiger charge is -2.12. The van der Waals surface area contributed by atoms with E-state index in [-0.39, 0.29) is 19.6 Å². The van der Waals surface area contributed by atoms with Crippen molar-refractivity contribution in [1.82, 2.24) is 0 Å². The first kappa shape index (κ1) is 20.3. The Kier molecular flexibility index (Phi) is 5.21. The molecule has 3 rings (SSSR count). The zero-order valence-corrected chi connectivity index (χ0v) is 17.9. The molecule has 0 unspecified atom stereocenters. The summed E-state index contributed by atoms with van der Waals surface area (Å²) in [6.07, 6.45) is 0. The summed E-state index contributed by atoms with van der Waals surface area (Å²) in [6.45, 7) is 7.09. The van der Waals surface area contributed by atoms with E-state index in [1.54, 1.807) is 38.1 Å². The van der Waals surface area contributed by atoms with Crippen LogP contribution in [-0.4, -0.2) is 16.8 Å². The van der Waals surface area contributed by atoms with Gasteiger partial charge in [0.1, 0.15) is 0 Å². The number of hydrogen-bond acceptors (Lipinski definition) is 4. The average Bonchev–Trinajstić information content (AvgIpc) is 2.65. The Bertz CT molecular complexity index is 1170. The third-order valence-electron chi connectivity index (χ3n) is 4.69. The normalized spacial score (nSPS) is 12.1. The quantitative estimate of drug-likeness (QED) is 0.626. The van der Waals surface area contributed by atoms with Gasteiger partial charge in [0.25, 0.3) is 0 Å². The lowest BCUT2D eigenvalue weighted by Crippen LogP contribution is -2.08. The van der Waals surface area contributed by atoms with Gasteiger partial charge in [-0.15, -0.1) is 0 Å². The highest BCUT2D eigenvalue weighted by molar-refractivity contribution is 7.92. The third kappa shape index (κ3) is 3.62. The van der Waals surface area contributed by atoms with Crippen molar-refractivity contribution >= 4 is 19.7 Å². The molecule has 4 nitrogen and oxygen atoms in total. The van der Waals surface area contributed by atoms with Crippen LogP contribution in [-0.2, 0) is 19.7 Å². The first-order valence-corrected chi connectivity index (χ1v) is 11.7. The van der Waals surface area contributed by atoms with Gasteiger partial charge in [-0.3, -0.25) is 0 Å². The molecule has 28 heavy (non-hydrogen) atoms. The Morgan fingerprint density at radius 1 is 0.536 bits per heavy atom. The van der Waals surface area contributed by atoms with Crippen molar-refractivity contribution in [1.29, 1.82) is 0 Å². The van der Waals surface area contributed by atoms with E-state index in [1.807, 2.05) is 26.0 Å². The van der Waals surface area contributed by atoms with Crippen molar-refractivity contribution in [3.8, 4) is 0 Å². The van der Waals surface area contributed by atoms with Crippen molar-refractivity contribution < 1.29 is 16.8 Å². The maximum atomic E-state index is 13.1. The van der Waals surface area contributed by atoms with Crippen LogP contribution in [0.3, 0.4) is 0 Å². The van der Waals surface area contributed by atoms with Crippen LogP contribution >= 0.6 is 0 Å². The summed E-state index contributed by atoms with van der Waals surface area (Å²) in [5.41, 5.74) is 2.88. The molecule has 0 heterocycles. The number of hydrogen-bond donors (Lipinski definition) is 0. The van der Waals surface area contributed by atoms with Crippen molar-refractivity contribution in [3.63, 3.8) is 0 Å². The van der Waals surface area contributed by atoms with Crippen LogP contribution in [0.25, 0.3) is 0 Å². The fourth-order valence-electron chi connectivity index (χ4n) is 3.06. The highest BCUT2D eigenvalue weighted by Crippen LogP contribution is 2.30. The van der Waals surface area contributed by atoms with Gasteiger partial charge in [0.2, 0.25) is 19.7 Å². The Morgan fingerprint density at radius 3 is 1.32 bits per heavy atom. The minimum absolute atomic E-state index is 0.0346. The van der Waals surface area contributed by atoms with E-state index in [4.69, 9.17) is 0 Å². The van der Waals surface area contributed by atoms with Crippen LogP contribution in [0, 0.1) is 27.7 Å². The Labute approximate surface area is 166 Å². The van der Waals surface area contributed by atoms with E-state index in [0.717, 1.165) is 11.1 Å². The zero-order valence-electron chi connectivity index (χ0n) is 16.2. The van der Waals surface area contributed by atoms with Crippen LogP contribution in [0.2, 0.25) is 0 Å². The van der Waals surface area contributed by atoms with Gasteiger partial charge in [-0.25, -0.2) is 16.8 Å². The molecule has 0 fully saturated rings. The minimum atomic E-state index is -3.84. The topological polar surface area (TPSA) is 68.3 Å². The van der Waals surface area contributed by atoms with Gasteiger partial charge in [-0.1, -0.05) is 30.3 Å². The monoisotopic (exact) mass is 414 g/mol. The average molecular weight is 415 g/mol. The molecular weight excluding hydrogens is 392 g/mol. The standard InChI is InChI=1S/C22H22O4S2/c1-15-8-10-17(3)21(12-15)27(23,24)19-6-5-7-20(14-19)28(25,26)22-13-16(2)9-11-18(22)4/h5-14H,1-4H3. The van der Waals surface area contributed by atoms with Gasteiger partial charge in [-0.2, -0.15) is 0 Å². The van der Waals surface area contributed by atoms with Gasteiger partial charge in [0.05, 0.1) is 19.6 Å². The summed E-state index contributed by atoms with van der Waals surface area (Å²) in [7, 11) is -7.68. The molecule has 0 saturated heterocycles. The summed E-state index contributed by atoms with van der Waals surface area (Å²) in [5, 5.41) is 0. The molecule has 3 aromatic carbocycles. The summed E-state index contributed by atoms with van der Waals surface area (Å²) in [6, 6.07) is 16.0. The van der Waals surface area contributed by atoms with E-state index < -0.39 is 19.7 Å². The molecule has 0 saturated carbocycles. The Balaban J connectivity index is 2.17. The summed E-state index contributed by atoms with van der Waals surface area (Å²) in [5.74, 6) is 0. The molecule has 0 radical (unpaired) electrons. The van der Waals surface area contributed by atoms with Crippen LogP contribution in [0.4, 0.5) is 0 Å². The van der Waals surface area contributed by atoms with Gasteiger partial charge in [-0.05, 0) is 80.3 Å². The molecule has 0 spiro atoms. The van der Waals surface area contributed by atoms with E-state index in [9.17, 15) is 16.8 Å². The van der Waals surface area contributed by atoms with E-state index in [0.29, 0.717) is 11.1 Å². The second-order valence-electron chi connectivity index (χ2n) is 7.02. The van der Waals surface area contributed by atoms with Crippen LogP contribution < -0.4 is 0 Å². The maximum Gasteiger partial charge on any atom is 0.206 e. The molecule has 0 aliphatic heterocycles. The zero-order chi connectivity index (χ0) is 20.7. The lowest BCUT2D eigenvalue weighted by molar-refractivity contribution is 0.593. The van der Waals surface area contributed by atoms with Crippen LogP contribution in [0.1, 0.15) is 22.3 Å². The number of aryl methyl sites for hydroxylation is 4. The number of rotatable bonds is 4. The van der Waals surface area contributed by atoms with Gasteiger partial charge in [0, 0.05) is 0 Å². The van der Waals surface area contributed by atoms with Gasteiger partial charge >= 0.3 is 0 Å². The summed E-state index contributed by atoms with van der Waals surface area (Å²) < 4.78 is 52.6. The summed E-state index contributed by atoms with van der Waals surface area (Å²) in [4.78, 5) is 0.308. The third-order valence-corrected chi connectivity index (χ3v) is 8.48. The molecule has 146 valence electrons. The lowest BCUT2D eigenvalue weighted by atomic mass is 10.2. The molecule has 0 aliphatic carbocycles. The molecule has 0 N–H and O–H groups in total. The molecule has 0 aromatic heterocycles. The van der Waals surface area contributed by atoms with Gasteiger partial charge in [0.15, 0.2) is 0 Å². The first-order valence-electron chi connectivity index (χ1n) is 8.78. The Hall–Kier alpha value is -2.44. The fraction of sp³-hybridized carbons (Fsp3) is 0.182. The van der Waals surface area contributed by atoms with E-state index >= 15 is 0 Å². The SMILES string of the molecule is Cc1ccc(C)c(S(=O)(=O)c2cccc(S(=O)(=O)c3cc(C)ccc3C)c2)c1. The molecule has 0 atom stereocenters. The smallest absolute Gasteiger partial charge is 0.206 e. The van der Waals surface area contributed by atoms with Crippen LogP contribution in [0.15, 0.2) is 80.2 Å². The van der Waals surface area contributed by atoms with Crippen molar-refractivity contribution in [2.75, 3.05) is 0 Å². The molecule has 3 aromatic rings. The molecular formula is C22H22O4S2. The van der Waals surface area contributed by atoms with E-state index in [2.05, 4.69) is 0 Å². The predicted octanol–water partition coefficient (Wildman–Crippen LogP) is 4.59. The second-order valence-corrected chi connectivity index (χ2v) is 10.9. The maximum absolute atomic E-state index is 13.1. The number of sulfone groups is 2. The summed E-state index contributed by atoms with van der Waals surface area (Å²) >= 11 is 0. The molecule has 0 aliphatic rings. The van der Waals surface area contributed by atoms with Crippen LogP contribution in [0.5, 0.6) is 0 Å². The molecule has 6 heteroatoms. The largest absolute Gasteiger partial charge is 0.219 e. The van der Waals surface area contributed by atoms with Crippen molar-refractivity contribution in [2.45, 2.75) is 47.3 Å². The predicted molar refractivity (Wildman–Crippen MR) is 109 cm³/mol. The Morgan fingerprint density at radius 2 is 0.929 bits per heavy atom. The second kappa shape index (κ2) is 7.18. The molecule has 0 bridgehead atoms. The van der Waals surface area contributed by atoms with Crippen molar-refractivity contribution in [3.05, 3.63) is 82.9 Å². The van der Waals surface area contributed by atoms with Gasteiger partial charge < -0.3 is 0 Å². The highest BCUT2D eigenvalue weighted by Gasteiger charge is 2.25. The fourth-order valence-corrected chi connectivity index (χ4v) is 6.38. The highest BCUT2D eigenvalue weighted by atomic mass is 32.2.